The molecule has 78 valence electrons. The number of hydrogen-bond donors (Lipinski definition) is 1. The van der Waals surface area contributed by atoms with Gasteiger partial charge in [0.25, 0.3) is 0 Å². The molecule has 14 heavy (non-hydrogen) atoms. The molecule has 0 spiro atoms. The maximum Gasteiger partial charge on any atom is 0.108 e. The van der Waals surface area contributed by atoms with Crippen LogP contribution in [0.3, 0.4) is 0 Å². The van der Waals surface area contributed by atoms with Crippen LogP contribution in [0, 0.1) is 0 Å². The molecule has 1 aromatic heterocycles. The van der Waals surface area contributed by atoms with Crippen molar-refractivity contribution in [1.82, 2.24) is 9.55 Å². The van der Waals surface area contributed by atoms with E-state index < -0.39 is 0 Å². The van der Waals surface area contributed by atoms with E-state index in [9.17, 15) is 0 Å². The summed E-state index contributed by atoms with van der Waals surface area (Å²) in [6.45, 7) is 2.95. The predicted molar refractivity (Wildman–Crippen MR) is 57.3 cm³/mol. The quantitative estimate of drug-likeness (QED) is 0.793. The minimum atomic E-state index is 0.612. The van der Waals surface area contributed by atoms with Gasteiger partial charge in [0.1, 0.15) is 5.82 Å². The summed E-state index contributed by atoms with van der Waals surface area (Å²) in [7, 11) is 0. The minimum Gasteiger partial charge on any atom is -0.330 e. The van der Waals surface area contributed by atoms with Gasteiger partial charge >= 0.3 is 0 Å². The van der Waals surface area contributed by atoms with Crippen molar-refractivity contribution in [2.24, 2.45) is 5.73 Å². The summed E-state index contributed by atoms with van der Waals surface area (Å²) in [5, 5.41) is 0. The van der Waals surface area contributed by atoms with E-state index in [0.29, 0.717) is 6.04 Å². The number of imidazole rings is 1. The van der Waals surface area contributed by atoms with E-state index in [1.165, 1.54) is 30.8 Å². The van der Waals surface area contributed by atoms with Crippen LogP contribution >= 0.6 is 0 Å². The van der Waals surface area contributed by atoms with Crippen molar-refractivity contribution in [2.45, 2.75) is 45.1 Å². The van der Waals surface area contributed by atoms with Crippen LogP contribution in [0.15, 0.2) is 6.20 Å². The van der Waals surface area contributed by atoms with Gasteiger partial charge in [0.2, 0.25) is 0 Å². The summed E-state index contributed by atoms with van der Waals surface area (Å²) < 4.78 is 2.43. The van der Waals surface area contributed by atoms with Gasteiger partial charge in [-0.15, -0.1) is 0 Å². The standard InChI is InChI=1S/C11H19N3/c1-2-11-13-8-10-5-3-4-9(6-7-12)14(10)11/h8-9H,2-7,12H2,1H3. The minimum absolute atomic E-state index is 0.612. The van der Waals surface area contributed by atoms with E-state index in [-0.39, 0.29) is 0 Å². The third-order valence-corrected chi connectivity index (χ3v) is 3.10. The zero-order chi connectivity index (χ0) is 9.97. The van der Waals surface area contributed by atoms with E-state index in [1.54, 1.807) is 0 Å². The SMILES string of the molecule is CCc1ncc2n1C(CCN)CCC2. The normalized spacial score (nSPS) is 20.9. The highest BCUT2D eigenvalue weighted by Gasteiger charge is 2.21. The second kappa shape index (κ2) is 4.13. The Hall–Kier alpha value is -0.830. The van der Waals surface area contributed by atoms with Gasteiger partial charge in [-0.3, -0.25) is 0 Å². The second-order valence-electron chi connectivity index (χ2n) is 4.01. The molecule has 2 rings (SSSR count). The highest BCUT2D eigenvalue weighted by atomic mass is 15.1. The fourth-order valence-electron chi connectivity index (χ4n) is 2.44. The third-order valence-electron chi connectivity index (χ3n) is 3.10. The first kappa shape index (κ1) is 9.71. The Bertz CT molecular complexity index is 290. The molecule has 0 radical (unpaired) electrons. The molecule has 1 aliphatic heterocycles. The smallest absolute Gasteiger partial charge is 0.108 e. The van der Waals surface area contributed by atoms with Gasteiger partial charge in [-0.05, 0) is 32.2 Å². The molecule has 1 atom stereocenters. The Balaban J connectivity index is 2.30. The fraction of sp³-hybridized carbons (Fsp3) is 0.727. The fourth-order valence-corrected chi connectivity index (χ4v) is 2.44. The molecule has 0 bridgehead atoms. The summed E-state index contributed by atoms with van der Waals surface area (Å²) in [6.07, 6.45) is 7.92. The van der Waals surface area contributed by atoms with E-state index in [4.69, 9.17) is 5.73 Å². The van der Waals surface area contributed by atoms with Crippen molar-refractivity contribution in [1.29, 1.82) is 0 Å². The molecule has 0 aromatic carbocycles. The van der Waals surface area contributed by atoms with E-state index in [1.807, 2.05) is 6.20 Å². The molecule has 1 aliphatic rings. The molecule has 0 amide bonds. The molecule has 3 nitrogen and oxygen atoms in total. The number of nitrogens with two attached hydrogens (primary N) is 1. The number of aryl methyl sites for hydroxylation is 2. The molecule has 0 saturated heterocycles. The molecular formula is C11H19N3. The van der Waals surface area contributed by atoms with Crippen molar-refractivity contribution in [3.8, 4) is 0 Å². The van der Waals surface area contributed by atoms with Crippen LogP contribution < -0.4 is 5.73 Å². The molecule has 0 fully saturated rings. The lowest BCUT2D eigenvalue weighted by Crippen LogP contribution is -2.22. The Kier molecular flexibility index (Phi) is 2.87. The zero-order valence-corrected chi connectivity index (χ0v) is 8.87. The number of aromatic nitrogens is 2. The highest BCUT2D eigenvalue weighted by Crippen LogP contribution is 2.28. The number of rotatable bonds is 3. The van der Waals surface area contributed by atoms with Gasteiger partial charge in [0, 0.05) is 24.4 Å². The topological polar surface area (TPSA) is 43.8 Å². The summed E-state index contributed by atoms with van der Waals surface area (Å²) >= 11 is 0. The van der Waals surface area contributed by atoms with Crippen LogP contribution in [0.2, 0.25) is 0 Å². The molecule has 1 unspecified atom stereocenters. The molecule has 0 aliphatic carbocycles. The largest absolute Gasteiger partial charge is 0.330 e. The predicted octanol–water partition coefficient (Wildman–Crippen LogP) is 1.67. The lowest BCUT2D eigenvalue weighted by atomic mass is 10.00. The van der Waals surface area contributed by atoms with Crippen molar-refractivity contribution in [2.75, 3.05) is 6.54 Å². The van der Waals surface area contributed by atoms with Gasteiger partial charge in [0.15, 0.2) is 0 Å². The molecule has 0 saturated carbocycles. The van der Waals surface area contributed by atoms with Crippen LogP contribution in [0.1, 0.15) is 43.7 Å². The van der Waals surface area contributed by atoms with Crippen LogP contribution in [-0.4, -0.2) is 16.1 Å². The van der Waals surface area contributed by atoms with Crippen LogP contribution in [0.25, 0.3) is 0 Å². The summed E-state index contributed by atoms with van der Waals surface area (Å²) in [4.78, 5) is 4.47. The number of hydrogen-bond acceptors (Lipinski definition) is 2. The summed E-state index contributed by atoms with van der Waals surface area (Å²) in [5.74, 6) is 1.23. The molecule has 3 heteroatoms. The first-order chi connectivity index (χ1) is 6.86. The maximum atomic E-state index is 5.64. The third kappa shape index (κ3) is 1.57. The van der Waals surface area contributed by atoms with Crippen LogP contribution in [0.4, 0.5) is 0 Å². The van der Waals surface area contributed by atoms with Gasteiger partial charge in [-0.25, -0.2) is 4.98 Å². The second-order valence-corrected chi connectivity index (χ2v) is 4.01. The van der Waals surface area contributed by atoms with Gasteiger partial charge in [-0.2, -0.15) is 0 Å². The van der Waals surface area contributed by atoms with E-state index >= 15 is 0 Å². The van der Waals surface area contributed by atoms with Crippen molar-refractivity contribution < 1.29 is 0 Å². The van der Waals surface area contributed by atoms with Gasteiger partial charge < -0.3 is 10.3 Å². The number of nitrogens with zero attached hydrogens (tertiary/aromatic N) is 2. The Labute approximate surface area is 85.3 Å². The van der Waals surface area contributed by atoms with E-state index in [2.05, 4.69) is 16.5 Å². The first-order valence-corrected chi connectivity index (χ1v) is 5.61. The zero-order valence-electron chi connectivity index (χ0n) is 8.87. The van der Waals surface area contributed by atoms with Crippen molar-refractivity contribution in [3.05, 3.63) is 17.7 Å². The van der Waals surface area contributed by atoms with Gasteiger partial charge in [0.05, 0.1) is 0 Å². The van der Waals surface area contributed by atoms with Crippen molar-refractivity contribution in [3.63, 3.8) is 0 Å². The molecule has 2 N–H and O–H groups in total. The number of fused-ring (bicyclic) bond motifs is 1. The Morgan fingerprint density at radius 3 is 3.21 bits per heavy atom. The van der Waals surface area contributed by atoms with Crippen molar-refractivity contribution >= 4 is 0 Å². The lowest BCUT2D eigenvalue weighted by molar-refractivity contribution is 0.373. The average Bonchev–Trinajstić information content (AvgIpc) is 2.62. The maximum absolute atomic E-state index is 5.64. The van der Waals surface area contributed by atoms with Crippen LogP contribution in [0.5, 0.6) is 0 Å². The molecule has 1 aromatic rings. The lowest BCUT2D eigenvalue weighted by Gasteiger charge is -2.26. The Morgan fingerprint density at radius 2 is 2.50 bits per heavy atom. The van der Waals surface area contributed by atoms with E-state index in [0.717, 1.165) is 19.4 Å². The average molecular weight is 193 g/mol. The van der Waals surface area contributed by atoms with Gasteiger partial charge in [-0.1, -0.05) is 6.92 Å². The summed E-state index contributed by atoms with van der Waals surface area (Å²) in [6, 6.07) is 0.612. The molecular weight excluding hydrogens is 174 g/mol. The Morgan fingerprint density at radius 1 is 1.64 bits per heavy atom. The molecule has 2 heterocycles. The highest BCUT2D eigenvalue weighted by molar-refractivity contribution is 5.10. The monoisotopic (exact) mass is 193 g/mol. The summed E-state index contributed by atoms with van der Waals surface area (Å²) in [5.41, 5.74) is 7.05. The first-order valence-electron chi connectivity index (χ1n) is 5.61. The van der Waals surface area contributed by atoms with Crippen LogP contribution in [-0.2, 0) is 12.8 Å².